The van der Waals surface area contributed by atoms with Crippen LogP contribution in [0.2, 0.25) is 0 Å². The maximum Gasteiger partial charge on any atom is 0.306 e. The molecule has 0 aliphatic heterocycles. The van der Waals surface area contributed by atoms with Gasteiger partial charge >= 0.3 is 17.9 Å². The Hall–Kier alpha value is -2.63. The highest BCUT2D eigenvalue weighted by molar-refractivity contribution is 5.71. The molecule has 0 rings (SSSR count). The van der Waals surface area contributed by atoms with Crippen molar-refractivity contribution in [3.63, 3.8) is 0 Å². The molecule has 0 aliphatic rings. The fourth-order valence-corrected chi connectivity index (χ4v) is 10.6. The van der Waals surface area contributed by atoms with Crippen LogP contribution in [0.5, 0.6) is 0 Å². The van der Waals surface area contributed by atoms with Crippen LogP contribution in [0.25, 0.3) is 0 Å². The summed E-state index contributed by atoms with van der Waals surface area (Å²) in [5.74, 6) is -0.863. The summed E-state index contributed by atoms with van der Waals surface area (Å²) in [6.45, 7) is 6.59. The van der Waals surface area contributed by atoms with Crippen LogP contribution >= 0.6 is 0 Å². The van der Waals surface area contributed by atoms with E-state index < -0.39 is 6.10 Å². The third kappa shape index (κ3) is 66.1. The standard InChI is InChI=1S/C73H134O6/c1-4-7-10-13-16-19-22-25-28-31-33-34-35-36-37-38-39-40-43-45-48-51-54-57-60-63-66-72(75)78-69-70(68-77-71(74)65-62-59-56-53-50-47-44-41-30-27-24-21-18-15-12-9-6-3)79-73(76)67-64-61-58-55-52-49-46-42-32-29-26-23-20-17-14-11-8-5-2/h9,12,18,21,27,29-30,32,70H,4-8,10-11,13-17,19-20,22-26,28,31,33-69H2,1-3H3/b12-9-,21-18-,30-27-,32-29-. The van der Waals surface area contributed by atoms with Crippen molar-refractivity contribution in [2.45, 2.75) is 386 Å². The van der Waals surface area contributed by atoms with E-state index in [0.29, 0.717) is 19.3 Å². The number of rotatable bonds is 65. The first kappa shape index (κ1) is 76.4. The fraction of sp³-hybridized carbons (Fsp3) is 0.849. The van der Waals surface area contributed by atoms with Gasteiger partial charge in [-0.15, -0.1) is 0 Å². The van der Waals surface area contributed by atoms with Crippen LogP contribution in [0.4, 0.5) is 0 Å². The summed E-state index contributed by atoms with van der Waals surface area (Å²) in [5.41, 5.74) is 0. The maximum atomic E-state index is 12.9. The number of allylic oxidation sites excluding steroid dienone is 8. The number of hydrogen-bond acceptors (Lipinski definition) is 6. The summed E-state index contributed by atoms with van der Waals surface area (Å²) < 4.78 is 17.0. The monoisotopic (exact) mass is 1110 g/mol. The summed E-state index contributed by atoms with van der Waals surface area (Å²) in [6, 6.07) is 0. The molecule has 0 radical (unpaired) electrons. The first-order chi connectivity index (χ1) is 39.0. The minimum Gasteiger partial charge on any atom is -0.462 e. The van der Waals surface area contributed by atoms with E-state index in [1.165, 1.54) is 257 Å². The summed E-state index contributed by atoms with van der Waals surface area (Å²) in [4.78, 5) is 38.4. The quantitative estimate of drug-likeness (QED) is 0.0261. The van der Waals surface area contributed by atoms with Crippen molar-refractivity contribution in [2.75, 3.05) is 13.2 Å². The molecule has 0 aliphatic carbocycles. The van der Waals surface area contributed by atoms with Crippen molar-refractivity contribution in [2.24, 2.45) is 0 Å². The van der Waals surface area contributed by atoms with Gasteiger partial charge in [0.25, 0.3) is 0 Å². The molecule has 0 bridgehead atoms. The number of esters is 3. The highest BCUT2D eigenvalue weighted by Gasteiger charge is 2.19. The van der Waals surface area contributed by atoms with Crippen LogP contribution < -0.4 is 0 Å². The van der Waals surface area contributed by atoms with Gasteiger partial charge in [0, 0.05) is 19.3 Å². The van der Waals surface area contributed by atoms with E-state index in [-0.39, 0.29) is 31.1 Å². The fourth-order valence-electron chi connectivity index (χ4n) is 10.6. The van der Waals surface area contributed by atoms with Gasteiger partial charge in [-0.05, 0) is 77.0 Å². The van der Waals surface area contributed by atoms with E-state index in [2.05, 4.69) is 69.4 Å². The molecule has 0 N–H and O–H groups in total. The molecule has 6 nitrogen and oxygen atoms in total. The van der Waals surface area contributed by atoms with Gasteiger partial charge in [0.05, 0.1) is 0 Å². The van der Waals surface area contributed by atoms with Crippen molar-refractivity contribution >= 4 is 17.9 Å². The number of ether oxygens (including phenoxy) is 3. The molecule has 0 saturated carbocycles. The van der Waals surface area contributed by atoms with E-state index in [1.807, 2.05) is 0 Å². The van der Waals surface area contributed by atoms with Gasteiger partial charge in [-0.2, -0.15) is 0 Å². The maximum absolute atomic E-state index is 12.9. The zero-order chi connectivity index (χ0) is 57.1. The average Bonchev–Trinajstić information content (AvgIpc) is 3.45. The molecular formula is C73H134O6. The van der Waals surface area contributed by atoms with Crippen molar-refractivity contribution in [1.82, 2.24) is 0 Å². The van der Waals surface area contributed by atoms with Crippen molar-refractivity contribution < 1.29 is 28.6 Å². The van der Waals surface area contributed by atoms with Crippen molar-refractivity contribution in [3.8, 4) is 0 Å². The Bertz CT molecular complexity index is 1360. The topological polar surface area (TPSA) is 78.9 Å². The molecule has 462 valence electrons. The van der Waals surface area contributed by atoms with Gasteiger partial charge in [0.15, 0.2) is 6.10 Å². The second-order valence-electron chi connectivity index (χ2n) is 23.8. The Balaban J connectivity index is 4.27. The van der Waals surface area contributed by atoms with Gasteiger partial charge in [-0.1, -0.05) is 333 Å². The number of carbonyl (C=O) groups is 3. The molecule has 1 atom stereocenters. The lowest BCUT2D eigenvalue weighted by Gasteiger charge is -2.18. The number of hydrogen-bond donors (Lipinski definition) is 0. The predicted molar refractivity (Wildman–Crippen MR) is 344 cm³/mol. The summed E-state index contributed by atoms with van der Waals surface area (Å²) in [5, 5.41) is 0. The zero-order valence-electron chi connectivity index (χ0n) is 53.2. The van der Waals surface area contributed by atoms with Crippen LogP contribution in [0.3, 0.4) is 0 Å². The number of carbonyl (C=O) groups excluding carboxylic acids is 3. The van der Waals surface area contributed by atoms with Gasteiger partial charge in [0.1, 0.15) is 13.2 Å². The van der Waals surface area contributed by atoms with E-state index in [9.17, 15) is 14.4 Å². The molecule has 79 heavy (non-hydrogen) atoms. The smallest absolute Gasteiger partial charge is 0.306 e. The molecule has 0 aromatic carbocycles. The summed E-state index contributed by atoms with van der Waals surface area (Å²) in [7, 11) is 0. The van der Waals surface area contributed by atoms with Gasteiger partial charge in [0.2, 0.25) is 0 Å². The SMILES string of the molecule is CC/C=C\C/C=C\C/C=C\CCCCCCCCCC(=O)OCC(COC(=O)CCCCCCCCCCCCCCCCCCCCCCCCCCCC)OC(=O)CCCCCCCCC/C=C\CCCCCCCCC. The van der Waals surface area contributed by atoms with Crippen LogP contribution in [0.1, 0.15) is 380 Å². The Morgan fingerprint density at radius 1 is 0.266 bits per heavy atom. The van der Waals surface area contributed by atoms with Crippen LogP contribution in [0, 0.1) is 0 Å². The van der Waals surface area contributed by atoms with E-state index in [4.69, 9.17) is 14.2 Å². The Kier molecular flexibility index (Phi) is 65.6. The first-order valence-corrected chi connectivity index (χ1v) is 35.1. The van der Waals surface area contributed by atoms with Crippen LogP contribution in [-0.4, -0.2) is 37.2 Å². The lowest BCUT2D eigenvalue weighted by Crippen LogP contribution is -2.30. The van der Waals surface area contributed by atoms with Crippen LogP contribution in [0.15, 0.2) is 48.6 Å². The van der Waals surface area contributed by atoms with E-state index in [0.717, 1.165) is 83.5 Å². The first-order valence-electron chi connectivity index (χ1n) is 35.1. The Labute approximate surface area is 492 Å². The summed E-state index contributed by atoms with van der Waals surface area (Å²) >= 11 is 0. The molecule has 1 unspecified atom stereocenters. The highest BCUT2D eigenvalue weighted by Crippen LogP contribution is 2.18. The molecule has 6 heteroatoms. The third-order valence-corrected chi connectivity index (χ3v) is 15.8. The minimum atomic E-state index is -0.779. The molecular weight excluding hydrogens is 973 g/mol. The molecule has 0 aromatic rings. The van der Waals surface area contributed by atoms with Crippen molar-refractivity contribution in [3.05, 3.63) is 48.6 Å². The molecule has 0 amide bonds. The molecule has 0 aromatic heterocycles. The Morgan fingerprint density at radius 2 is 0.494 bits per heavy atom. The third-order valence-electron chi connectivity index (χ3n) is 15.8. The molecule has 0 heterocycles. The van der Waals surface area contributed by atoms with Crippen molar-refractivity contribution in [1.29, 1.82) is 0 Å². The normalized spacial score (nSPS) is 12.3. The largest absolute Gasteiger partial charge is 0.462 e. The van der Waals surface area contributed by atoms with E-state index >= 15 is 0 Å². The zero-order valence-corrected chi connectivity index (χ0v) is 53.2. The summed E-state index contributed by atoms with van der Waals surface area (Å²) in [6.07, 6.45) is 85.7. The average molecular weight is 1110 g/mol. The second-order valence-corrected chi connectivity index (χ2v) is 23.8. The molecule has 0 saturated heterocycles. The second kappa shape index (κ2) is 67.9. The minimum absolute atomic E-state index is 0.0740. The lowest BCUT2D eigenvalue weighted by molar-refractivity contribution is -0.167. The highest BCUT2D eigenvalue weighted by atomic mass is 16.6. The predicted octanol–water partition coefficient (Wildman–Crippen LogP) is 24.1. The molecule has 0 spiro atoms. The van der Waals surface area contributed by atoms with Gasteiger partial charge in [-0.25, -0.2) is 0 Å². The van der Waals surface area contributed by atoms with E-state index in [1.54, 1.807) is 0 Å². The number of unbranched alkanes of at least 4 members (excludes halogenated alkanes) is 46. The van der Waals surface area contributed by atoms with Gasteiger partial charge < -0.3 is 14.2 Å². The lowest BCUT2D eigenvalue weighted by atomic mass is 10.0. The Morgan fingerprint density at radius 3 is 0.785 bits per heavy atom. The van der Waals surface area contributed by atoms with Gasteiger partial charge in [-0.3, -0.25) is 14.4 Å². The molecule has 0 fully saturated rings. The van der Waals surface area contributed by atoms with Crippen LogP contribution in [-0.2, 0) is 28.6 Å².